The third-order valence-corrected chi connectivity index (χ3v) is 6.15. The van der Waals surface area contributed by atoms with Gasteiger partial charge in [-0.05, 0) is 49.9 Å². The standard InChI is InChI=1S/C19H25N3O4/c1-12-10-13(2-3-14(12)22-7-6-20-18(22)25)17(24)21-15-11-16(23)19(15)4-8-26-9-5-19/h2-3,10,15-16,23H,4-9,11H2,1H3,(H,20,25)(H,21,24)/t15-,16-/m1/s1. The van der Waals surface area contributed by atoms with E-state index in [0.29, 0.717) is 38.3 Å². The number of anilines is 1. The SMILES string of the molecule is Cc1cc(C(=O)N[C@@H]2C[C@@H](O)C23CCOCC3)ccc1N1CCNC1=O. The zero-order valence-electron chi connectivity index (χ0n) is 15.0. The lowest BCUT2D eigenvalue weighted by Gasteiger charge is -2.55. The summed E-state index contributed by atoms with van der Waals surface area (Å²) in [5.41, 5.74) is 2.06. The minimum Gasteiger partial charge on any atom is -0.392 e. The van der Waals surface area contributed by atoms with Gasteiger partial charge in [0.2, 0.25) is 0 Å². The molecular weight excluding hydrogens is 334 g/mol. The number of carbonyl (C=O) groups is 2. The van der Waals surface area contributed by atoms with E-state index < -0.39 is 0 Å². The van der Waals surface area contributed by atoms with Crippen LogP contribution < -0.4 is 15.5 Å². The Morgan fingerprint density at radius 2 is 2.15 bits per heavy atom. The number of amides is 3. The second-order valence-electron chi connectivity index (χ2n) is 7.51. The maximum Gasteiger partial charge on any atom is 0.322 e. The summed E-state index contributed by atoms with van der Waals surface area (Å²) in [6.07, 6.45) is 1.79. The molecule has 1 spiro atoms. The highest BCUT2D eigenvalue weighted by Gasteiger charge is 2.55. The number of aryl methyl sites for hydroxylation is 1. The van der Waals surface area contributed by atoms with Gasteiger partial charge in [0, 0.05) is 49.0 Å². The second kappa shape index (κ2) is 6.55. The van der Waals surface area contributed by atoms with E-state index in [2.05, 4.69) is 10.6 Å². The van der Waals surface area contributed by atoms with Crippen molar-refractivity contribution in [2.24, 2.45) is 5.41 Å². The molecule has 2 aliphatic heterocycles. The molecule has 3 fully saturated rings. The first-order chi connectivity index (χ1) is 12.5. The Hall–Kier alpha value is -2.12. The molecule has 7 heteroatoms. The Kier molecular flexibility index (Phi) is 4.36. The molecule has 140 valence electrons. The molecule has 2 heterocycles. The molecule has 2 saturated heterocycles. The first kappa shape index (κ1) is 17.3. The largest absolute Gasteiger partial charge is 0.392 e. The minimum absolute atomic E-state index is 0.0155. The van der Waals surface area contributed by atoms with Gasteiger partial charge in [0.05, 0.1) is 6.10 Å². The molecule has 3 amide bonds. The van der Waals surface area contributed by atoms with E-state index in [1.165, 1.54) is 0 Å². The molecule has 3 aliphatic rings. The van der Waals surface area contributed by atoms with Crippen LogP contribution in [0.4, 0.5) is 10.5 Å². The van der Waals surface area contributed by atoms with Crippen LogP contribution in [0.3, 0.4) is 0 Å². The third kappa shape index (κ3) is 2.75. The number of ether oxygens (including phenoxy) is 1. The van der Waals surface area contributed by atoms with E-state index in [-0.39, 0.29) is 29.5 Å². The summed E-state index contributed by atoms with van der Waals surface area (Å²) >= 11 is 0. The fraction of sp³-hybridized carbons (Fsp3) is 0.579. The van der Waals surface area contributed by atoms with Gasteiger partial charge < -0.3 is 20.5 Å². The van der Waals surface area contributed by atoms with Crippen LogP contribution in [-0.2, 0) is 4.74 Å². The van der Waals surface area contributed by atoms with E-state index in [0.717, 1.165) is 24.1 Å². The Morgan fingerprint density at radius 1 is 1.38 bits per heavy atom. The van der Waals surface area contributed by atoms with Crippen LogP contribution in [0.25, 0.3) is 0 Å². The molecule has 7 nitrogen and oxygen atoms in total. The summed E-state index contributed by atoms with van der Waals surface area (Å²) in [5.74, 6) is -0.131. The topological polar surface area (TPSA) is 90.9 Å². The number of rotatable bonds is 3. The predicted octanol–water partition coefficient (Wildman–Crippen LogP) is 1.18. The number of aliphatic hydroxyl groups is 1. The van der Waals surface area contributed by atoms with E-state index in [9.17, 15) is 14.7 Å². The normalized spacial score (nSPS) is 27.2. The number of aliphatic hydroxyl groups excluding tert-OH is 1. The third-order valence-electron chi connectivity index (χ3n) is 6.15. The van der Waals surface area contributed by atoms with Gasteiger partial charge in [0.15, 0.2) is 0 Å². The maximum atomic E-state index is 12.7. The lowest BCUT2D eigenvalue weighted by atomic mass is 9.58. The minimum atomic E-state index is -0.366. The smallest absolute Gasteiger partial charge is 0.322 e. The Morgan fingerprint density at radius 3 is 2.77 bits per heavy atom. The first-order valence-electron chi connectivity index (χ1n) is 9.24. The van der Waals surface area contributed by atoms with E-state index in [1.807, 2.05) is 19.1 Å². The van der Waals surface area contributed by atoms with E-state index in [1.54, 1.807) is 11.0 Å². The van der Waals surface area contributed by atoms with Crippen molar-refractivity contribution < 1.29 is 19.4 Å². The number of benzene rings is 1. The molecule has 0 aromatic heterocycles. The second-order valence-corrected chi connectivity index (χ2v) is 7.51. The molecule has 4 rings (SSSR count). The highest BCUT2D eigenvalue weighted by atomic mass is 16.5. The van der Waals surface area contributed by atoms with Crippen LogP contribution in [0, 0.1) is 12.3 Å². The van der Waals surface area contributed by atoms with Gasteiger partial charge in [0.25, 0.3) is 5.91 Å². The van der Waals surface area contributed by atoms with Gasteiger partial charge in [-0.3, -0.25) is 9.69 Å². The van der Waals surface area contributed by atoms with Gasteiger partial charge in [-0.15, -0.1) is 0 Å². The summed E-state index contributed by atoms with van der Waals surface area (Å²) in [4.78, 5) is 26.2. The summed E-state index contributed by atoms with van der Waals surface area (Å²) < 4.78 is 5.41. The van der Waals surface area contributed by atoms with Crippen molar-refractivity contribution in [1.29, 1.82) is 0 Å². The fourth-order valence-electron chi connectivity index (χ4n) is 4.44. The van der Waals surface area contributed by atoms with Crippen molar-refractivity contribution in [2.75, 3.05) is 31.2 Å². The zero-order chi connectivity index (χ0) is 18.3. The zero-order valence-corrected chi connectivity index (χ0v) is 15.0. The van der Waals surface area contributed by atoms with E-state index >= 15 is 0 Å². The molecule has 1 aromatic rings. The summed E-state index contributed by atoms with van der Waals surface area (Å²) in [6, 6.07) is 5.29. The first-order valence-corrected chi connectivity index (χ1v) is 9.24. The average molecular weight is 359 g/mol. The number of hydrogen-bond donors (Lipinski definition) is 3. The fourth-order valence-corrected chi connectivity index (χ4v) is 4.44. The molecule has 26 heavy (non-hydrogen) atoms. The molecular formula is C19H25N3O4. The average Bonchev–Trinajstić information content (AvgIpc) is 3.07. The van der Waals surface area contributed by atoms with Crippen LogP contribution in [0.2, 0.25) is 0 Å². The van der Waals surface area contributed by atoms with Gasteiger partial charge in [0.1, 0.15) is 0 Å². The molecule has 1 aromatic carbocycles. The van der Waals surface area contributed by atoms with Crippen LogP contribution in [0.5, 0.6) is 0 Å². The predicted molar refractivity (Wildman–Crippen MR) is 96.3 cm³/mol. The number of carbonyl (C=O) groups excluding carboxylic acids is 2. The molecule has 1 saturated carbocycles. The van der Waals surface area contributed by atoms with Crippen LogP contribution >= 0.6 is 0 Å². The summed E-state index contributed by atoms with van der Waals surface area (Å²) in [7, 11) is 0. The van der Waals surface area contributed by atoms with Crippen LogP contribution in [0.1, 0.15) is 35.2 Å². The highest BCUT2D eigenvalue weighted by molar-refractivity contribution is 5.98. The Bertz CT molecular complexity index is 729. The molecule has 2 atom stereocenters. The van der Waals surface area contributed by atoms with E-state index in [4.69, 9.17) is 4.74 Å². The van der Waals surface area contributed by atoms with Crippen LogP contribution in [-0.4, -0.2) is 55.5 Å². The quantitative estimate of drug-likeness (QED) is 0.756. The number of nitrogens with zero attached hydrogens (tertiary/aromatic N) is 1. The number of urea groups is 1. The van der Waals surface area contributed by atoms with Crippen molar-refractivity contribution >= 4 is 17.6 Å². The van der Waals surface area contributed by atoms with Gasteiger partial charge in [-0.2, -0.15) is 0 Å². The van der Waals surface area contributed by atoms with Crippen molar-refractivity contribution in [1.82, 2.24) is 10.6 Å². The highest BCUT2D eigenvalue weighted by Crippen LogP contribution is 2.49. The van der Waals surface area contributed by atoms with Crippen LogP contribution in [0.15, 0.2) is 18.2 Å². The monoisotopic (exact) mass is 359 g/mol. The van der Waals surface area contributed by atoms with Gasteiger partial charge in [-0.25, -0.2) is 4.79 Å². The van der Waals surface area contributed by atoms with Gasteiger partial charge >= 0.3 is 6.03 Å². The molecule has 0 unspecified atom stereocenters. The van der Waals surface area contributed by atoms with Crippen molar-refractivity contribution in [3.63, 3.8) is 0 Å². The van der Waals surface area contributed by atoms with Gasteiger partial charge in [-0.1, -0.05) is 0 Å². The summed E-state index contributed by atoms with van der Waals surface area (Å²) in [6.45, 7) is 4.45. The Balaban J connectivity index is 1.47. The van der Waals surface area contributed by atoms with Crippen molar-refractivity contribution in [3.8, 4) is 0 Å². The van der Waals surface area contributed by atoms with Crippen molar-refractivity contribution in [2.45, 2.75) is 38.3 Å². The lowest BCUT2D eigenvalue weighted by molar-refractivity contribution is -0.145. The maximum absolute atomic E-state index is 12.7. The molecule has 0 radical (unpaired) electrons. The molecule has 3 N–H and O–H groups in total. The number of nitrogens with one attached hydrogen (secondary N) is 2. The number of hydrogen-bond acceptors (Lipinski definition) is 4. The lowest BCUT2D eigenvalue weighted by Crippen LogP contribution is -2.65. The summed E-state index contributed by atoms with van der Waals surface area (Å²) in [5, 5.41) is 16.1. The Labute approximate surface area is 152 Å². The molecule has 1 aliphatic carbocycles. The van der Waals surface area contributed by atoms with Crippen molar-refractivity contribution in [3.05, 3.63) is 29.3 Å². The molecule has 0 bridgehead atoms.